The predicted molar refractivity (Wildman–Crippen MR) is 68.8 cm³/mol. The largest absolute Gasteiger partial charge is 0.451 e. The molecule has 1 saturated heterocycles. The quantitative estimate of drug-likeness (QED) is 0.583. The summed E-state index contributed by atoms with van der Waals surface area (Å²) in [6.07, 6.45) is -2.38. The summed E-state index contributed by atoms with van der Waals surface area (Å²) in [5.74, 6) is 5.06. The van der Waals surface area contributed by atoms with E-state index in [0.29, 0.717) is 11.8 Å². The molecule has 9 heteroatoms. The van der Waals surface area contributed by atoms with Crippen LogP contribution in [0.15, 0.2) is 6.07 Å². The molecule has 0 amide bonds. The Morgan fingerprint density at radius 2 is 2.11 bits per heavy atom. The van der Waals surface area contributed by atoms with Gasteiger partial charge in [-0.05, 0) is 18.6 Å². The lowest BCUT2D eigenvalue weighted by molar-refractivity contribution is -0.144. The molecule has 0 spiro atoms. The normalized spacial score (nSPS) is 19.5. The van der Waals surface area contributed by atoms with Gasteiger partial charge in [0.25, 0.3) is 0 Å². The number of rotatable bonds is 4. The van der Waals surface area contributed by atoms with E-state index in [2.05, 4.69) is 20.7 Å². The number of nitrogens with zero attached hydrogens (tertiary/aromatic N) is 2. The van der Waals surface area contributed by atoms with Gasteiger partial charge in [0.05, 0.1) is 0 Å². The van der Waals surface area contributed by atoms with E-state index in [1.165, 1.54) is 6.07 Å². The Morgan fingerprint density at radius 3 is 2.68 bits per heavy atom. The first kappa shape index (κ1) is 14.2. The molecular formula is C10H14F3N5S. The molecule has 2 heterocycles. The number of nitrogens with one attached hydrogen (secondary N) is 2. The van der Waals surface area contributed by atoms with E-state index in [4.69, 9.17) is 5.84 Å². The lowest BCUT2D eigenvalue weighted by Crippen LogP contribution is -2.19. The van der Waals surface area contributed by atoms with E-state index in [1.807, 2.05) is 11.8 Å². The number of aromatic nitrogens is 2. The second-order valence-corrected chi connectivity index (χ2v) is 5.53. The molecule has 1 aromatic heterocycles. The number of nitrogens with two attached hydrogens (primary N) is 1. The summed E-state index contributed by atoms with van der Waals surface area (Å²) >= 11 is 1.81. The van der Waals surface area contributed by atoms with Gasteiger partial charge >= 0.3 is 6.18 Å². The molecule has 0 aromatic carbocycles. The van der Waals surface area contributed by atoms with E-state index in [9.17, 15) is 13.2 Å². The second-order valence-electron chi connectivity index (χ2n) is 4.12. The summed E-state index contributed by atoms with van der Waals surface area (Å²) in [7, 11) is 0. The number of nitrogen functional groups attached to an aromatic ring is 1. The average molecular weight is 293 g/mol. The van der Waals surface area contributed by atoms with Crippen molar-refractivity contribution in [1.29, 1.82) is 0 Å². The third-order valence-electron chi connectivity index (χ3n) is 2.66. The standard InChI is InChI=1S/C10H14F3N5S/c11-10(12,13)9-16-7(4-8(17-9)18-14)15-5-6-2-1-3-19-6/h4,6H,1-3,5,14H2,(H2,15,16,17,18). The van der Waals surface area contributed by atoms with E-state index in [0.717, 1.165) is 18.6 Å². The first-order valence-electron chi connectivity index (χ1n) is 5.77. The number of anilines is 2. The number of alkyl halides is 3. The Bertz CT molecular complexity index is 434. The zero-order valence-electron chi connectivity index (χ0n) is 10.00. The van der Waals surface area contributed by atoms with Crippen LogP contribution in [-0.2, 0) is 6.18 Å². The minimum Gasteiger partial charge on any atom is -0.369 e. The van der Waals surface area contributed by atoms with Crippen LogP contribution in [0.3, 0.4) is 0 Å². The molecule has 2 rings (SSSR count). The summed E-state index contributed by atoms with van der Waals surface area (Å²) in [5.41, 5.74) is 2.11. The Hall–Kier alpha value is -1.22. The van der Waals surface area contributed by atoms with Gasteiger partial charge in [0.1, 0.15) is 11.6 Å². The van der Waals surface area contributed by atoms with Crippen LogP contribution < -0.4 is 16.6 Å². The highest BCUT2D eigenvalue weighted by molar-refractivity contribution is 8.00. The first-order valence-corrected chi connectivity index (χ1v) is 6.82. The third-order valence-corrected chi connectivity index (χ3v) is 4.06. The van der Waals surface area contributed by atoms with Crippen molar-refractivity contribution in [3.05, 3.63) is 11.9 Å². The van der Waals surface area contributed by atoms with Gasteiger partial charge in [-0.1, -0.05) is 0 Å². The zero-order chi connectivity index (χ0) is 13.9. The predicted octanol–water partition coefficient (Wildman–Crippen LogP) is 2.09. The van der Waals surface area contributed by atoms with E-state index in [1.54, 1.807) is 0 Å². The van der Waals surface area contributed by atoms with Crippen LogP contribution in [-0.4, -0.2) is 27.5 Å². The highest BCUT2D eigenvalue weighted by Gasteiger charge is 2.35. The van der Waals surface area contributed by atoms with Crippen LogP contribution in [0, 0.1) is 0 Å². The van der Waals surface area contributed by atoms with Gasteiger partial charge in [-0.15, -0.1) is 0 Å². The fourth-order valence-corrected chi connectivity index (χ4v) is 2.96. The third kappa shape index (κ3) is 3.87. The summed E-state index contributed by atoms with van der Waals surface area (Å²) < 4.78 is 37.8. The molecule has 1 aliphatic heterocycles. The SMILES string of the molecule is NNc1cc(NCC2CCCS2)nc(C(F)(F)F)n1. The van der Waals surface area contributed by atoms with Crippen molar-refractivity contribution in [2.24, 2.45) is 5.84 Å². The minimum absolute atomic E-state index is 0.0658. The smallest absolute Gasteiger partial charge is 0.369 e. The molecule has 1 atom stereocenters. The molecule has 0 bridgehead atoms. The van der Waals surface area contributed by atoms with Gasteiger partial charge in [-0.3, -0.25) is 0 Å². The number of hydrogen-bond acceptors (Lipinski definition) is 6. The number of hydrogen-bond donors (Lipinski definition) is 3. The second kappa shape index (κ2) is 5.83. The van der Waals surface area contributed by atoms with Gasteiger partial charge in [0.2, 0.25) is 5.82 Å². The van der Waals surface area contributed by atoms with E-state index in [-0.39, 0.29) is 11.6 Å². The monoisotopic (exact) mass is 293 g/mol. The van der Waals surface area contributed by atoms with Crippen LogP contribution in [0.25, 0.3) is 0 Å². The topological polar surface area (TPSA) is 75.9 Å². The van der Waals surface area contributed by atoms with Crippen molar-refractivity contribution in [2.45, 2.75) is 24.3 Å². The van der Waals surface area contributed by atoms with Crippen molar-refractivity contribution in [2.75, 3.05) is 23.0 Å². The minimum atomic E-state index is -4.59. The van der Waals surface area contributed by atoms with Crippen molar-refractivity contribution in [3.8, 4) is 0 Å². The number of hydrazine groups is 1. The van der Waals surface area contributed by atoms with Gasteiger partial charge in [-0.2, -0.15) is 24.9 Å². The van der Waals surface area contributed by atoms with Gasteiger partial charge in [0, 0.05) is 17.9 Å². The molecule has 0 saturated carbocycles. The maximum absolute atomic E-state index is 12.6. The maximum Gasteiger partial charge on any atom is 0.451 e. The summed E-state index contributed by atoms with van der Waals surface area (Å²) in [6.45, 7) is 0.586. The molecule has 1 unspecified atom stereocenters. The van der Waals surface area contributed by atoms with Crippen molar-refractivity contribution in [3.63, 3.8) is 0 Å². The molecule has 4 N–H and O–H groups in total. The van der Waals surface area contributed by atoms with Crippen molar-refractivity contribution < 1.29 is 13.2 Å². The Balaban J connectivity index is 2.10. The molecule has 1 fully saturated rings. The molecule has 1 aliphatic rings. The highest BCUT2D eigenvalue weighted by atomic mass is 32.2. The maximum atomic E-state index is 12.6. The lowest BCUT2D eigenvalue weighted by atomic mass is 10.2. The van der Waals surface area contributed by atoms with Gasteiger partial charge in [-0.25, -0.2) is 15.8 Å². The summed E-state index contributed by atoms with van der Waals surface area (Å²) in [4.78, 5) is 6.75. The highest BCUT2D eigenvalue weighted by Crippen LogP contribution is 2.29. The Kier molecular flexibility index (Phi) is 4.35. The van der Waals surface area contributed by atoms with E-state index < -0.39 is 12.0 Å². The molecule has 5 nitrogen and oxygen atoms in total. The Labute approximate surface area is 112 Å². The molecule has 106 valence electrons. The van der Waals surface area contributed by atoms with Crippen LogP contribution in [0.4, 0.5) is 24.8 Å². The summed E-state index contributed by atoms with van der Waals surface area (Å²) in [6, 6.07) is 1.36. The molecule has 0 radical (unpaired) electrons. The molecular weight excluding hydrogens is 279 g/mol. The fourth-order valence-electron chi connectivity index (χ4n) is 1.76. The van der Waals surface area contributed by atoms with Crippen LogP contribution in [0.5, 0.6) is 0 Å². The van der Waals surface area contributed by atoms with Gasteiger partial charge in [0.15, 0.2) is 0 Å². The van der Waals surface area contributed by atoms with Crippen molar-refractivity contribution >= 4 is 23.4 Å². The number of halogens is 3. The van der Waals surface area contributed by atoms with Gasteiger partial charge < -0.3 is 10.7 Å². The summed E-state index contributed by atoms with van der Waals surface area (Å²) in [5, 5.41) is 3.32. The molecule has 0 aliphatic carbocycles. The average Bonchev–Trinajstić information content (AvgIpc) is 2.88. The van der Waals surface area contributed by atoms with Crippen LogP contribution in [0.2, 0.25) is 0 Å². The number of thioether (sulfide) groups is 1. The first-order chi connectivity index (χ1) is 8.99. The lowest BCUT2D eigenvalue weighted by Gasteiger charge is -2.13. The van der Waals surface area contributed by atoms with Crippen LogP contribution in [0.1, 0.15) is 18.7 Å². The van der Waals surface area contributed by atoms with Crippen LogP contribution >= 0.6 is 11.8 Å². The van der Waals surface area contributed by atoms with E-state index >= 15 is 0 Å². The molecule has 1 aromatic rings. The van der Waals surface area contributed by atoms with Crippen molar-refractivity contribution in [1.82, 2.24) is 9.97 Å². The molecule has 19 heavy (non-hydrogen) atoms. The Morgan fingerprint density at radius 1 is 1.37 bits per heavy atom. The zero-order valence-corrected chi connectivity index (χ0v) is 10.8. The fraction of sp³-hybridized carbons (Fsp3) is 0.600.